The maximum absolute atomic E-state index is 12.5. The van der Waals surface area contributed by atoms with Crippen molar-refractivity contribution in [3.05, 3.63) is 59.7 Å². The molecule has 152 valence electrons. The van der Waals surface area contributed by atoms with Gasteiger partial charge in [-0.3, -0.25) is 19.7 Å². The molecule has 0 saturated carbocycles. The molecule has 0 bridgehead atoms. The molecule has 29 heavy (non-hydrogen) atoms. The van der Waals surface area contributed by atoms with Crippen LogP contribution in [0.3, 0.4) is 0 Å². The Labute approximate surface area is 171 Å². The Balaban J connectivity index is 1.56. The second-order valence-electron chi connectivity index (χ2n) is 7.49. The summed E-state index contributed by atoms with van der Waals surface area (Å²) >= 11 is 0. The molecule has 3 rings (SSSR count). The minimum atomic E-state index is -0.308. The van der Waals surface area contributed by atoms with E-state index in [1.54, 1.807) is 0 Å². The number of carbonyl (C=O) groups excluding carboxylic acids is 3. The molecule has 1 aliphatic rings. The van der Waals surface area contributed by atoms with E-state index in [0.29, 0.717) is 17.7 Å². The second-order valence-corrected chi connectivity index (χ2v) is 7.49. The molecular weight excluding hydrogens is 366 g/mol. The largest absolute Gasteiger partial charge is 0.375 e. The van der Waals surface area contributed by atoms with Crippen LogP contribution in [0.15, 0.2) is 48.5 Å². The molecule has 1 fully saturated rings. The Kier molecular flexibility index (Phi) is 6.65. The van der Waals surface area contributed by atoms with Gasteiger partial charge in [-0.15, -0.1) is 0 Å². The molecule has 2 aromatic rings. The van der Waals surface area contributed by atoms with E-state index in [1.807, 2.05) is 48.5 Å². The van der Waals surface area contributed by atoms with E-state index in [4.69, 9.17) is 0 Å². The third-order valence-electron chi connectivity index (χ3n) is 5.18. The van der Waals surface area contributed by atoms with E-state index in [-0.39, 0.29) is 30.1 Å². The number of unbranched alkanes of at least 4 members (excludes halogenated alkanes) is 1. The van der Waals surface area contributed by atoms with Crippen LogP contribution in [0.1, 0.15) is 42.1 Å². The first-order valence-electron chi connectivity index (χ1n) is 10.0. The van der Waals surface area contributed by atoms with Crippen molar-refractivity contribution < 1.29 is 14.4 Å². The quantitative estimate of drug-likeness (QED) is 0.674. The number of nitrogens with one attached hydrogen (secondary N) is 2. The summed E-state index contributed by atoms with van der Waals surface area (Å²) in [5.41, 5.74) is 3.34. The molecule has 2 aromatic carbocycles. The number of hydrogen-bond donors (Lipinski definition) is 2. The lowest BCUT2D eigenvalue weighted by atomic mass is 9.98. The third-order valence-corrected chi connectivity index (χ3v) is 5.18. The number of rotatable bonds is 8. The van der Waals surface area contributed by atoms with Crippen LogP contribution in [0.4, 0.5) is 11.4 Å². The molecule has 0 spiro atoms. The zero-order valence-electron chi connectivity index (χ0n) is 16.9. The highest BCUT2D eigenvalue weighted by molar-refractivity contribution is 6.04. The Morgan fingerprint density at radius 2 is 1.79 bits per heavy atom. The lowest BCUT2D eigenvalue weighted by molar-refractivity contribution is -0.125. The maximum atomic E-state index is 12.5. The monoisotopic (exact) mass is 393 g/mol. The molecule has 1 heterocycles. The van der Waals surface area contributed by atoms with Crippen molar-refractivity contribution >= 4 is 29.1 Å². The minimum Gasteiger partial charge on any atom is -0.375 e. The average molecular weight is 393 g/mol. The fourth-order valence-corrected chi connectivity index (χ4v) is 3.38. The van der Waals surface area contributed by atoms with Crippen LogP contribution < -0.4 is 15.5 Å². The molecule has 0 aromatic heterocycles. The highest BCUT2D eigenvalue weighted by Crippen LogP contribution is 2.20. The van der Waals surface area contributed by atoms with Gasteiger partial charge >= 0.3 is 0 Å². The molecule has 1 saturated heterocycles. The topological polar surface area (TPSA) is 78.5 Å². The number of benzene rings is 2. The second kappa shape index (κ2) is 9.37. The SMILES string of the molecule is CCCCN(C)c1ccc(C(=O)Nc2ccc(CC3CC(=O)NC3=O)cc2)cc1. The standard InChI is InChI=1S/C23H27N3O3/c1-3-4-13-26(2)20-11-7-17(8-12-20)22(28)24-19-9-5-16(6-10-19)14-18-15-21(27)25-23(18)29/h5-12,18H,3-4,13-15H2,1-2H3,(H,24,28)(H,25,27,29). The maximum Gasteiger partial charge on any atom is 0.255 e. The van der Waals surface area contributed by atoms with Gasteiger partial charge in [0.2, 0.25) is 11.8 Å². The minimum absolute atomic E-state index is 0.165. The fraction of sp³-hybridized carbons (Fsp3) is 0.348. The fourth-order valence-electron chi connectivity index (χ4n) is 3.38. The highest BCUT2D eigenvalue weighted by atomic mass is 16.2. The Morgan fingerprint density at radius 3 is 2.38 bits per heavy atom. The normalized spacial score (nSPS) is 15.9. The van der Waals surface area contributed by atoms with Crippen molar-refractivity contribution in [2.24, 2.45) is 5.92 Å². The van der Waals surface area contributed by atoms with Gasteiger partial charge in [0.25, 0.3) is 5.91 Å². The van der Waals surface area contributed by atoms with Gasteiger partial charge < -0.3 is 10.2 Å². The van der Waals surface area contributed by atoms with E-state index < -0.39 is 0 Å². The van der Waals surface area contributed by atoms with Gasteiger partial charge in [-0.2, -0.15) is 0 Å². The molecule has 2 N–H and O–H groups in total. The van der Waals surface area contributed by atoms with Crippen molar-refractivity contribution in [3.63, 3.8) is 0 Å². The number of anilines is 2. The smallest absolute Gasteiger partial charge is 0.255 e. The molecule has 3 amide bonds. The molecule has 1 aliphatic heterocycles. The van der Waals surface area contributed by atoms with Gasteiger partial charge in [0.1, 0.15) is 0 Å². The lowest BCUT2D eigenvalue weighted by Gasteiger charge is -2.19. The summed E-state index contributed by atoms with van der Waals surface area (Å²) in [6.07, 6.45) is 3.03. The van der Waals surface area contributed by atoms with Crippen LogP contribution in [-0.4, -0.2) is 31.3 Å². The molecule has 0 radical (unpaired) electrons. The molecular formula is C23H27N3O3. The van der Waals surface area contributed by atoms with Crippen molar-refractivity contribution in [3.8, 4) is 0 Å². The molecule has 6 nitrogen and oxygen atoms in total. The predicted octanol–water partition coefficient (Wildman–Crippen LogP) is 3.38. The Bertz CT molecular complexity index is 875. The van der Waals surface area contributed by atoms with Crippen LogP contribution in [0, 0.1) is 5.92 Å². The van der Waals surface area contributed by atoms with E-state index in [0.717, 1.165) is 30.6 Å². The first-order valence-corrected chi connectivity index (χ1v) is 10.0. The zero-order valence-corrected chi connectivity index (χ0v) is 16.9. The number of nitrogens with zero attached hydrogens (tertiary/aromatic N) is 1. The van der Waals surface area contributed by atoms with Gasteiger partial charge in [-0.25, -0.2) is 0 Å². The molecule has 1 atom stereocenters. The Morgan fingerprint density at radius 1 is 1.10 bits per heavy atom. The van der Waals surface area contributed by atoms with Gasteiger partial charge in [-0.1, -0.05) is 25.5 Å². The number of imide groups is 1. The molecule has 6 heteroatoms. The number of amides is 3. The predicted molar refractivity (Wildman–Crippen MR) is 114 cm³/mol. The average Bonchev–Trinajstić information content (AvgIpc) is 3.04. The van der Waals surface area contributed by atoms with E-state index in [2.05, 4.69) is 29.5 Å². The van der Waals surface area contributed by atoms with Crippen molar-refractivity contribution in [2.45, 2.75) is 32.6 Å². The summed E-state index contributed by atoms with van der Waals surface area (Å²) < 4.78 is 0. The summed E-state index contributed by atoms with van der Waals surface area (Å²) in [6, 6.07) is 15.0. The summed E-state index contributed by atoms with van der Waals surface area (Å²) in [5, 5.41) is 5.22. The summed E-state index contributed by atoms with van der Waals surface area (Å²) in [5.74, 6) is -0.902. The summed E-state index contributed by atoms with van der Waals surface area (Å²) in [4.78, 5) is 37.6. The van der Waals surface area contributed by atoms with Gasteiger partial charge in [0.05, 0.1) is 5.92 Å². The van der Waals surface area contributed by atoms with Crippen LogP contribution in [0.2, 0.25) is 0 Å². The van der Waals surface area contributed by atoms with Gasteiger partial charge in [0, 0.05) is 37.0 Å². The van der Waals surface area contributed by atoms with Crippen LogP contribution in [0.25, 0.3) is 0 Å². The van der Waals surface area contributed by atoms with E-state index in [1.165, 1.54) is 0 Å². The highest BCUT2D eigenvalue weighted by Gasteiger charge is 2.30. The summed E-state index contributed by atoms with van der Waals surface area (Å²) in [6.45, 7) is 3.16. The van der Waals surface area contributed by atoms with Crippen LogP contribution in [-0.2, 0) is 16.0 Å². The van der Waals surface area contributed by atoms with Gasteiger partial charge in [-0.05, 0) is 54.8 Å². The van der Waals surface area contributed by atoms with Crippen LogP contribution >= 0.6 is 0 Å². The van der Waals surface area contributed by atoms with E-state index >= 15 is 0 Å². The number of hydrogen-bond acceptors (Lipinski definition) is 4. The van der Waals surface area contributed by atoms with Crippen molar-refractivity contribution in [1.82, 2.24) is 5.32 Å². The zero-order chi connectivity index (χ0) is 20.8. The van der Waals surface area contributed by atoms with Crippen LogP contribution in [0.5, 0.6) is 0 Å². The molecule has 1 unspecified atom stereocenters. The first kappa shape index (κ1) is 20.6. The molecule has 0 aliphatic carbocycles. The first-order chi connectivity index (χ1) is 14.0. The number of carbonyl (C=O) groups is 3. The summed E-state index contributed by atoms with van der Waals surface area (Å²) in [7, 11) is 2.05. The van der Waals surface area contributed by atoms with Crippen molar-refractivity contribution in [1.29, 1.82) is 0 Å². The third kappa shape index (κ3) is 5.44. The Hall–Kier alpha value is -3.15. The van der Waals surface area contributed by atoms with E-state index in [9.17, 15) is 14.4 Å². The van der Waals surface area contributed by atoms with Gasteiger partial charge in [0.15, 0.2) is 0 Å². The lowest BCUT2D eigenvalue weighted by Crippen LogP contribution is -2.22. The van der Waals surface area contributed by atoms with Crippen molar-refractivity contribution in [2.75, 3.05) is 23.8 Å².